The Morgan fingerprint density at radius 3 is 2.73 bits per heavy atom. The largest absolute Gasteiger partial charge is 0.495 e. The molecule has 0 spiro atoms. The normalized spacial score (nSPS) is 16.2. The van der Waals surface area contributed by atoms with Gasteiger partial charge in [-0.3, -0.25) is 9.59 Å². The number of nitriles is 1. The van der Waals surface area contributed by atoms with Gasteiger partial charge in [-0.05, 0) is 18.2 Å². The molecule has 0 radical (unpaired) electrons. The summed E-state index contributed by atoms with van der Waals surface area (Å²) in [6, 6.07) is 16.2. The number of carbonyl (C=O) groups is 2. The molecule has 6 nitrogen and oxygen atoms in total. The number of hydrogen-bond donors (Lipinski definition) is 0. The van der Waals surface area contributed by atoms with Gasteiger partial charge in [0.2, 0.25) is 5.91 Å². The van der Waals surface area contributed by atoms with Gasteiger partial charge in [-0.15, -0.1) is 0 Å². The molecule has 1 aliphatic heterocycles. The summed E-state index contributed by atoms with van der Waals surface area (Å²) in [7, 11) is 1.54. The van der Waals surface area contributed by atoms with Crippen LogP contribution in [0, 0.1) is 17.2 Å². The molecule has 1 fully saturated rings. The van der Waals surface area contributed by atoms with Gasteiger partial charge in [0.25, 0.3) is 0 Å². The van der Waals surface area contributed by atoms with Crippen LogP contribution in [0.25, 0.3) is 0 Å². The third kappa shape index (κ3) is 3.52. The van der Waals surface area contributed by atoms with Crippen LogP contribution in [0.2, 0.25) is 0 Å². The molecule has 26 heavy (non-hydrogen) atoms. The van der Waals surface area contributed by atoms with Crippen LogP contribution in [-0.2, 0) is 20.9 Å². The number of methoxy groups -OCH3 is 1. The highest BCUT2D eigenvalue weighted by atomic mass is 16.5. The van der Waals surface area contributed by atoms with Gasteiger partial charge in [0, 0.05) is 18.5 Å². The molecular formula is C20H18N2O4. The number of amides is 1. The Kier molecular flexibility index (Phi) is 5.18. The van der Waals surface area contributed by atoms with Crippen LogP contribution < -0.4 is 9.64 Å². The molecule has 2 aromatic rings. The molecule has 1 atom stereocenters. The summed E-state index contributed by atoms with van der Waals surface area (Å²) in [5, 5.41) is 9.09. The second-order valence-corrected chi connectivity index (χ2v) is 5.95. The van der Waals surface area contributed by atoms with E-state index in [1.54, 1.807) is 41.3 Å². The first-order valence-electron chi connectivity index (χ1n) is 8.22. The average Bonchev–Trinajstić information content (AvgIpc) is 3.07. The zero-order valence-electron chi connectivity index (χ0n) is 14.3. The highest BCUT2D eigenvalue weighted by Crippen LogP contribution is 2.33. The van der Waals surface area contributed by atoms with E-state index in [2.05, 4.69) is 6.07 Å². The van der Waals surface area contributed by atoms with Crippen molar-refractivity contribution >= 4 is 17.6 Å². The molecule has 6 heteroatoms. The predicted octanol–water partition coefficient (Wildman–Crippen LogP) is 2.66. The minimum Gasteiger partial charge on any atom is -0.495 e. The summed E-state index contributed by atoms with van der Waals surface area (Å²) < 4.78 is 10.6. The van der Waals surface area contributed by atoms with Crippen molar-refractivity contribution in [2.75, 3.05) is 18.6 Å². The van der Waals surface area contributed by atoms with Crippen LogP contribution >= 0.6 is 0 Å². The summed E-state index contributed by atoms with van der Waals surface area (Å²) >= 11 is 0. The third-order valence-electron chi connectivity index (χ3n) is 4.34. The molecule has 0 saturated carbocycles. The fraction of sp³-hybridized carbons (Fsp3) is 0.250. The summed E-state index contributed by atoms with van der Waals surface area (Å²) in [6.07, 6.45) is 0.0940. The monoisotopic (exact) mass is 350 g/mol. The van der Waals surface area contributed by atoms with E-state index >= 15 is 0 Å². The number of esters is 1. The minimum absolute atomic E-state index is 0.0158. The number of benzene rings is 2. The molecule has 0 aliphatic carbocycles. The van der Waals surface area contributed by atoms with Gasteiger partial charge in [-0.2, -0.15) is 5.26 Å². The number of hydrogen-bond acceptors (Lipinski definition) is 5. The van der Waals surface area contributed by atoms with Gasteiger partial charge in [-0.25, -0.2) is 0 Å². The fourth-order valence-corrected chi connectivity index (χ4v) is 2.97. The highest BCUT2D eigenvalue weighted by molar-refractivity contribution is 6.00. The third-order valence-corrected chi connectivity index (χ3v) is 4.34. The van der Waals surface area contributed by atoms with Gasteiger partial charge in [0.1, 0.15) is 12.4 Å². The van der Waals surface area contributed by atoms with Crippen molar-refractivity contribution in [2.24, 2.45) is 5.92 Å². The van der Waals surface area contributed by atoms with Gasteiger partial charge in [0.15, 0.2) is 0 Å². The van der Waals surface area contributed by atoms with Crippen molar-refractivity contribution in [3.63, 3.8) is 0 Å². The van der Waals surface area contributed by atoms with Gasteiger partial charge < -0.3 is 14.4 Å². The summed E-state index contributed by atoms with van der Waals surface area (Å²) in [4.78, 5) is 26.3. The number of rotatable bonds is 5. The first kappa shape index (κ1) is 17.5. The lowest BCUT2D eigenvalue weighted by molar-refractivity contribution is -0.149. The van der Waals surface area contributed by atoms with Gasteiger partial charge >= 0.3 is 5.97 Å². The van der Waals surface area contributed by atoms with Crippen molar-refractivity contribution in [3.8, 4) is 11.8 Å². The van der Waals surface area contributed by atoms with Crippen molar-refractivity contribution in [1.29, 1.82) is 5.26 Å². The second kappa shape index (κ2) is 7.70. The Morgan fingerprint density at radius 1 is 1.23 bits per heavy atom. The number of nitrogens with zero attached hydrogens (tertiary/aromatic N) is 2. The maximum absolute atomic E-state index is 12.4. The number of carbonyl (C=O) groups excluding carboxylic acids is 2. The molecule has 3 rings (SSSR count). The molecule has 1 heterocycles. The molecule has 0 aromatic heterocycles. The van der Waals surface area contributed by atoms with Gasteiger partial charge in [-0.1, -0.05) is 30.3 Å². The van der Waals surface area contributed by atoms with E-state index in [-0.39, 0.29) is 25.5 Å². The lowest BCUT2D eigenvalue weighted by Crippen LogP contribution is -2.26. The average molecular weight is 350 g/mol. The Balaban J connectivity index is 1.67. The maximum atomic E-state index is 12.4. The zero-order valence-corrected chi connectivity index (χ0v) is 14.3. The van der Waals surface area contributed by atoms with E-state index in [1.807, 2.05) is 12.1 Å². The van der Waals surface area contributed by atoms with Crippen LogP contribution in [0.5, 0.6) is 5.75 Å². The maximum Gasteiger partial charge on any atom is 0.311 e. The van der Waals surface area contributed by atoms with E-state index in [0.29, 0.717) is 22.6 Å². The molecule has 0 unspecified atom stereocenters. The molecule has 1 amide bonds. The van der Waals surface area contributed by atoms with Crippen LogP contribution in [0.1, 0.15) is 17.5 Å². The molecule has 132 valence electrons. The first-order valence-corrected chi connectivity index (χ1v) is 8.22. The van der Waals surface area contributed by atoms with Crippen molar-refractivity contribution < 1.29 is 19.1 Å². The second-order valence-electron chi connectivity index (χ2n) is 5.95. The Bertz CT molecular complexity index is 872. The minimum atomic E-state index is -0.540. The summed E-state index contributed by atoms with van der Waals surface area (Å²) in [5.41, 5.74) is 1.76. The lowest BCUT2D eigenvalue weighted by Gasteiger charge is -2.19. The fourth-order valence-electron chi connectivity index (χ4n) is 2.97. The molecule has 0 bridgehead atoms. The standard InChI is InChI=1S/C20H18N2O4/c1-25-18-9-5-4-8-17(18)22-12-16(10-19(22)23)20(24)26-13-15-7-3-2-6-14(15)11-21/h2-9,16H,10,12-13H2,1H3/t16-/m0/s1. The van der Waals surface area contributed by atoms with Crippen molar-refractivity contribution in [2.45, 2.75) is 13.0 Å². The van der Waals surface area contributed by atoms with Crippen LogP contribution in [-0.4, -0.2) is 25.5 Å². The summed E-state index contributed by atoms with van der Waals surface area (Å²) in [6.45, 7) is 0.264. The molecule has 1 aliphatic rings. The lowest BCUT2D eigenvalue weighted by atomic mass is 10.1. The SMILES string of the molecule is COc1ccccc1N1C[C@@H](C(=O)OCc2ccccc2C#N)CC1=O. The molecule has 0 N–H and O–H groups in total. The van der Waals surface area contributed by atoms with Gasteiger partial charge in [0.05, 0.1) is 30.3 Å². The molecular weight excluding hydrogens is 332 g/mol. The smallest absolute Gasteiger partial charge is 0.311 e. The van der Waals surface area contributed by atoms with Crippen molar-refractivity contribution in [3.05, 3.63) is 59.7 Å². The topological polar surface area (TPSA) is 79.6 Å². The van der Waals surface area contributed by atoms with Crippen molar-refractivity contribution in [1.82, 2.24) is 0 Å². The van der Waals surface area contributed by atoms with E-state index in [4.69, 9.17) is 14.7 Å². The van der Waals surface area contributed by atoms with Crippen LogP contribution in [0.4, 0.5) is 5.69 Å². The van der Waals surface area contributed by atoms with E-state index < -0.39 is 11.9 Å². The molecule has 2 aromatic carbocycles. The number of ether oxygens (including phenoxy) is 2. The summed E-state index contributed by atoms with van der Waals surface area (Å²) in [5.74, 6) is -0.545. The Morgan fingerprint density at radius 2 is 1.96 bits per heavy atom. The quantitative estimate of drug-likeness (QED) is 0.775. The molecule has 1 saturated heterocycles. The van der Waals surface area contributed by atoms with Crippen LogP contribution in [0.15, 0.2) is 48.5 Å². The van der Waals surface area contributed by atoms with Crippen LogP contribution in [0.3, 0.4) is 0 Å². The first-order chi connectivity index (χ1) is 12.6. The predicted molar refractivity (Wildman–Crippen MR) is 94.4 cm³/mol. The van der Waals surface area contributed by atoms with E-state index in [9.17, 15) is 9.59 Å². The Hall–Kier alpha value is -3.33. The number of para-hydroxylation sites is 2. The Labute approximate surface area is 151 Å². The zero-order chi connectivity index (χ0) is 18.5. The van der Waals surface area contributed by atoms with E-state index in [1.165, 1.54) is 7.11 Å². The highest BCUT2D eigenvalue weighted by Gasteiger charge is 2.37. The number of anilines is 1. The van der Waals surface area contributed by atoms with E-state index in [0.717, 1.165) is 0 Å².